The fourth-order valence-corrected chi connectivity index (χ4v) is 3.86. The van der Waals surface area contributed by atoms with Crippen molar-refractivity contribution in [2.45, 2.75) is 52.2 Å². The summed E-state index contributed by atoms with van der Waals surface area (Å²) >= 11 is 0. The Morgan fingerprint density at radius 2 is 1.97 bits per heavy atom. The molecule has 1 N–H and O–H groups in total. The molecule has 2 aromatic rings. The van der Waals surface area contributed by atoms with E-state index in [1.54, 1.807) is 27.7 Å². The van der Waals surface area contributed by atoms with Crippen LogP contribution in [0.25, 0.3) is 0 Å². The number of carbonyl (C=O) groups excluding carboxylic acids is 3. The van der Waals surface area contributed by atoms with E-state index in [1.807, 2.05) is 44.2 Å². The Hall–Kier alpha value is -3.20. The van der Waals surface area contributed by atoms with Crippen LogP contribution in [-0.2, 0) is 22.6 Å². The van der Waals surface area contributed by atoms with E-state index in [9.17, 15) is 14.4 Å². The van der Waals surface area contributed by atoms with Crippen LogP contribution in [-0.4, -0.2) is 76.7 Å². The summed E-state index contributed by atoms with van der Waals surface area (Å²) < 4.78 is 6.78. The molecule has 2 heterocycles. The monoisotopic (exact) mass is 469 g/mol. The van der Waals surface area contributed by atoms with Gasteiger partial charge in [-0.1, -0.05) is 37.3 Å². The van der Waals surface area contributed by atoms with Gasteiger partial charge < -0.3 is 19.9 Å². The molecular weight excluding hydrogens is 434 g/mol. The highest BCUT2D eigenvalue weighted by molar-refractivity contribution is 5.98. The molecule has 9 nitrogen and oxygen atoms in total. The van der Waals surface area contributed by atoms with Gasteiger partial charge >= 0.3 is 0 Å². The van der Waals surface area contributed by atoms with Crippen LogP contribution in [0.2, 0.25) is 0 Å². The van der Waals surface area contributed by atoms with Gasteiger partial charge in [0.2, 0.25) is 5.91 Å². The van der Waals surface area contributed by atoms with Crippen LogP contribution in [0.4, 0.5) is 0 Å². The van der Waals surface area contributed by atoms with Crippen molar-refractivity contribution >= 4 is 17.7 Å². The molecule has 1 aliphatic rings. The van der Waals surface area contributed by atoms with Gasteiger partial charge in [0.15, 0.2) is 5.69 Å². The molecule has 1 atom stereocenters. The molecule has 9 heteroatoms. The minimum Gasteiger partial charge on any atom is -0.383 e. The highest BCUT2D eigenvalue weighted by Crippen LogP contribution is 2.17. The molecule has 0 saturated heterocycles. The standard InChI is InChI=1S/C25H35N5O4/c1-4-19(2)26-23(31)11-14-28(15-16-34-3)24(32)21-17-22-25(33)29(12-8-13-30(22)27-21)18-20-9-6-5-7-10-20/h5-7,9-10,17,19H,4,8,11-16,18H2,1-3H3,(H,26,31)/t19-/m0/s1. The van der Waals surface area contributed by atoms with Gasteiger partial charge in [0.1, 0.15) is 5.69 Å². The van der Waals surface area contributed by atoms with Crippen LogP contribution >= 0.6 is 0 Å². The Kier molecular flexibility index (Phi) is 9.21. The summed E-state index contributed by atoms with van der Waals surface area (Å²) in [7, 11) is 1.57. The molecule has 34 heavy (non-hydrogen) atoms. The van der Waals surface area contributed by atoms with Gasteiger partial charge in [0.05, 0.1) is 6.61 Å². The topological polar surface area (TPSA) is 96.8 Å². The number of carbonyl (C=O) groups is 3. The van der Waals surface area contributed by atoms with Gasteiger partial charge in [-0.05, 0) is 25.3 Å². The third-order valence-corrected chi connectivity index (χ3v) is 6.00. The minimum atomic E-state index is -0.309. The third-order valence-electron chi connectivity index (χ3n) is 6.00. The lowest BCUT2D eigenvalue weighted by atomic mass is 10.2. The first-order chi connectivity index (χ1) is 16.4. The zero-order valence-electron chi connectivity index (χ0n) is 20.3. The molecule has 184 valence electrons. The number of methoxy groups -OCH3 is 1. The van der Waals surface area contributed by atoms with Crippen molar-refractivity contribution in [1.29, 1.82) is 0 Å². The number of ether oxygens (including phenoxy) is 1. The molecule has 0 aliphatic carbocycles. The maximum absolute atomic E-state index is 13.3. The number of rotatable bonds is 11. The first-order valence-electron chi connectivity index (χ1n) is 11.9. The fraction of sp³-hybridized carbons (Fsp3) is 0.520. The second-order valence-electron chi connectivity index (χ2n) is 8.62. The van der Waals surface area contributed by atoms with Crippen molar-refractivity contribution in [3.8, 4) is 0 Å². The van der Waals surface area contributed by atoms with Crippen LogP contribution < -0.4 is 5.32 Å². The number of benzene rings is 1. The first-order valence-corrected chi connectivity index (χ1v) is 11.9. The smallest absolute Gasteiger partial charge is 0.274 e. The van der Waals surface area contributed by atoms with Crippen molar-refractivity contribution < 1.29 is 19.1 Å². The summed E-state index contributed by atoms with van der Waals surface area (Å²) in [5.74, 6) is -0.544. The number of hydrogen-bond acceptors (Lipinski definition) is 5. The van der Waals surface area contributed by atoms with E-state index in [2.05, 4.69) is 10.4 Å². The average molecular weight is 470 g/mol. The fourth-order valence-electron chi connectivity index (χ4n) is 3.86. The van der Waals surface area contributed by atoms with E-state index < -0.39 is 0 Å². The van der Waals surface area contributed by atoms with Crippen LogP contribution in [0.15, 0.2) is 36.4 Å². The molecule has 0 spiro atoms. The highest BCUT2D eigenvalue weighted by Gasteiger charge is 2.28. The van der Waals surface area contributed by atoms with Crippen molar-refractivity contribution in [2.75, 3.05) is 33.4 Å². The summed E-state index contributed by atoms with van der Waals surface area (Å²) in [6, 6.07) is 11.5. The third kappa shape index (κ3) is 6.66. The normalized spacial score (nSPS) is 14.3. The van der Waals surface area contributed by atoms with Crippen molar-refractivity contribution in [3.05, 3.63) is 53.3 Å². The average Bonchev–Trinajstić information content (AvgIpc) is 3.21. The molecule has 3 amide bonds. The van der Waals surface area contributed by atoms with Gasteiger partial charge in [-0.3, -0.25) is 19.1 Å². The summed E-state index contributed by atoms with van der Waals surface area (Å²) in [5.41, 5.74) is 1.68. The van der Waals surface area contributed by atoms with Crippen LogP contribution in [0, 0.1) is 0 Å². The molecule has 1 aromatic heterocycles. The zero-order chi connectivity index (χ0) is 24.5. The summed E-state index contributed by atoms with van der Waals surface area (Å²) in [6.45, 7) is 6.59. The summed E-state index contributed by atoms with van der Waals surface area (Å²) in [4.78, 5) is 42.1. The molecule has 0 saturated carbocycles. The quantitative estimate of drug-likeness (QED) is 0.545. The number of nitrogens with one attached hydrogen (secondary N) is 1. The van der Waals surface area contributed by atoms with Crippen molar-refractivity contribution in [2.24, 2.45) is 0 Å². The van der Waals surface area contributed by atoms with Crippen LogP contribution in [0.1, 0.15) is 59.7 Å². The Labute approximate surface area is 201 Å². The van der Waals surface area contributed by atoms with Gasteiger partial charge in [0.25, 0.3) is 11.8 Å². The molecule has 0 fully saturated rings. The van der Waals surface area contributed by atoms with E-state index in [-0.39, 0.29) is 42.4 Å². The molecule has 1 aliphatic heterocycles. The van der Waals surface area contributed by atoms with Crippen molar-refractivity contribution in [3.63, 3.8) is 0 Å². The molecule has 0 radical (unpaired) electrons. The zero-order valence-corrected chi connectivity index (χ0v) is 20.3. The van der Waals surface area contributed by atoms with E-state index in [0.29, 0.717) is 38.5 Å². The van der Waals surface area contributed by atoms with Crippen molar-refractivity contribution in [1.82, 2.24) is 24.9 Å². The van der Waals surface area contributed by atoms with Gasteiger partial charge in [-0.15, -0.1) is 0 Å². The second-order valence-corrected chi connectivity index (χ2v) is 8.62. The number of nitrogens with zero attached hydrogens (tertiary/aromatic N) is 4. The number of hydrogen-bond donors (Lipinski definition) is 1. The number of amides is 3. The maximum atomic E-state index is 13.3. The lowest BCUT2D eigenvalue weighted by Gasteiger charge is -2.22. The maximum Gasteiger partial charge on any atom is 0.274 e. The molecule has 0 bridgehead atoms. The SMILES string of the molecule is CC[C@H](C)NC(=O)CCN(CCOC)C(=O)c1cc2n(n1)CCCN(Cc1ccccc1)C2=O. The molecule has 1 aromatic carbocycles. The lowest BCUT2D eigenvalue weighted by molar-refractivity contribution is -0.121. The van der Waals surface area contributed by atoms with E-state index in [1.165, 1.54) is 0 Å². The molecule has 3 rings (SSSR count). The van der Waals surface area contributed by atoms with Gasteiger partial charge in [0, 0.05) is 58.4 Å². The number of aryl methyl sites for hydroxylation is 1. The Balaban J connectivity index is 1.72. The predicted molar refractivity (Wildman–Crippen MR) is 128 cm³/mol. The second kappa shape index (κ2) is 12.3. The number of fused-ring (bicyclic) bond motifs is 1. The Bertz CT molecular complexity index is 975. The van der Waals surface area contributed by atoms with E-state index in [0.717, 1.165) is 18.4 Å². The van der Waals surface area contributed by atoms with Gasteiger partial charge in [-0.2, -0.15) is 5.10 Å². The summed E-state index contributed by atoms with van der Waals surface area (Å²) in [6.07, 6.45) is 1.79. The van der Waals surface area contributed by atoms with Crippen LogP contribution in [0.3, 0.4) is 0 Å². The number of aromatic nitrogens is 2. The van der Waals surface area contributed by atoms with E-state index >= 15 is 0 Å². The summed E-state index contributed by atoms with van der Waals surface area (Å²) in [5, 5.41) is 7.38. The predicted octanol–water partition coefficient (Wildman–Crippen LogP) is 2.32. The highest BCUT2D eigenvalue weighted by atomic mass is 16.5. The largest absolute Gasteiger partial charge is 0.383 e. The molecule has 0 unspecified atom stereocenters. The first kappa shape index (κ1) is 25.4. The Morgan fingerprint density at radius 1 is 1.21 bits per heavy atom. The minimum absolute atomic E-state index is 0.0873. The lowest BCUT2D eigenvalue weighted by Crippen LogP contribution is -2.39. The Morgan fingerprint density at radius 3 is 2.68 bits per heavy atom. The van der Waals surface area contributed by atoms with Gasteiger partial charge in [-0.25, -0.2) is 0 Å². The van der Waals surface area contributed by atoms with Crippen LogP contribution in [0.5, 0.6) is 0 Å². The van der Waals surface area contributed by atoms with E-state index in [4.69, 9.17) is 4.74 Å². The molecular formula is C25H35N5O4.